The number of nitrogens with one attached hydrogen (secondary N) is 1. The Morgan fingerprint density at radius 2 is 2.14 bits per heavy atom. The molecule has 0 amide bonds. The molecule has 21 heavy (non-hydrogen) atoms. The van der Waals surface area contributed by atoms with Gasteiger partial charge in [0.15, 0.2) is 5.69 Å². The van der Waals surface area contributed by atoms with E-state index in [0.29, 0.717) is 26.1 Å². The van der Waals surface area contributed by atoms with E-state index in [-0.39, 0.29) is 22.7 Å². The first kappa shape index (κ1) is 15.2. The van der Waals surface area contributed by atoms with Gasteiger partial charge in [-0.25, -0.2) is 9.78 Å². The molecule has 1 aromatic heterocycles. The van der Waals surface area contributed by atoms with Gasteiger partial charge in [0.25, 0.3) is 0 Å². The Morgan fingerprint density at radius 1 is 1.48 bits per heavy atom. The van der Waals surface area contributed by atoms with Crippen LogP contribution in [0.25, 0.3) is 0 Å². The van der Waals surface area contributed by atoms with Crippen LogP contribution in [-0.4, -0.2) is 41.7 Å². The first-order valence-electron chi connectivity index (χ1n) is 6.55. The quantitative estimate of drug-likeness (QED) is 0.512. The highest BCUT2D eigenvalue weighted by molar-refractivity contribution is 5.88. The van der Waals surface area contributed by atoms with Gasteiger partial charge in [0.05, 0.1) is 12.0 Å². The summed E-state index contributed by atoms with van der Waals surface area (Å²) in [5.41, 5.74) is -0.498. The molecular weight excluding hydrogens is 278 g/mol. The van der Waals surface area contributed by atoms with Crippen LogP contribution in [0.1, 0.15) is 30.3 Å². The number of nitrogens with zero attached hydrogens (tertiary/aromatic N) is 2. The molecule has 0 unspecified atom stereocenters. The lowest BCUT2D eigenvalue weighted by Crippen LogP contribution is -2.41. The van der Waals surface area contributed by atoms with Gasteiger partial charge >= 0.3 is 11.7 Å². The molecule has 0 bridgehead atoms. The summed E-state index contributed by atoms with van der Waals surface area (Å²) in [6.45, 7) is 3.10. The number of carbonyl (C=O) groups excluding carboxylic acids is 1. The second kappa shape index (κ2) is 6.04. The number of rotatable bonds is 4. The number of pyridine rings is 1. The average molecular weight is 295 g/mol. The normalized spacial score (nSPS) is 17.0. The molecule has 0 radical (unpaired) electrons. The number of carbonyl (C=O) groups is 1. The summed E-state index contributed by atoms with van der Waals surface area (Å²) in [5, 5.41) is 14.2. The molecule has 8 nitrogen and oxygen atoms in total. The van der Waals surface area contributed by atoms with Gasteiger partial charge in [0, 0.05) is 24.8 Å². The SMILES string of the molecule is COC(=O)c1ccc([N+](=O)[O-])c(NC2(C)CCOCC2)n1. The van der Waals surface area contributed by atoms with Crippen LogP contribution in [-0.2, 0) is 9.47 Å². The van der Waals surface area contributed by atoms with Gasteiger partial charge in [-0.2, -0.15) is 0 Å². The van der Waals surface area contributed by atoms with E-state index in [4.69, 9.17) is 4.74 Å². The Morgan fingerprint density at radius 3 is 2.71 bits per heavy atom. The Kier molecular flexibility index (Phi) is 4.37. The molecule has 1 fully saturated rings. The monoisotopic (exact) mass is 295 g/mol. The van der Waals surface area contributed by atoms with Crippen molar-refractivity contribution >= 4 is 17.5 Å². The second-order valence-electron chi connectivity index (χ2n) is 5.11. The van der Waals surface area contributed by atoms with Crippen molar-refractivity contribution in [3.05, 3.63) is 27.9 Å². The third kappa shape index (κ3) is 3.46. The summed E-state index contributed by atoms with van der Waals surface area (Å²) in [4.78, 5) is 26.1. The van der Waals surface area contributed by atoms with Crippen LogP contribution in [0.5, 0.6) is 0 Å². The molecule has 2 heterocycles. The van der Waals surface area contributed by atoms with Crippen LogP contribution in [0.3, 0.4) is 0 Å². The fourth-order valence-corrected chi connectivity index (χ4v) is 2.14. The van der Waals surface area contributed by atoms with Gasteiger partial charge < -0.3 is 14.8 Å². The van der Waals surface area contributed by atoms with Crippen LogP contribution in [0, 0.1) is 10.1 Å². The maximum absolute atomic E-state index is 11.5. The summed E-state index contributed by atoms with van der Waals surface area (Å²) in [7, 11) is 1.23. The van der Waals surface area contributed by atoms with Crippen molar-refractivity contribution in [2.45, 2.75) is 25.3 Å². The topological polar surface area (TPSA) is 104 Å². The van der Waals surface area contributed by atoms with Gasteiger partial charge in [-0.15, -0.1) is 0 Å². The summed E-state index contributed by atoms with van der Waals surface area (Å²) in [5.74, 6) is -0.558. The number of hydrogen-bond donors (Lipinski definition) is 1. The highest BCUT2D eigenvalue weighted by Gasteiger charge is 2.31. The fourth-order valence-electron chi connectivity index (χ4n) is 2.14. The number of anilines is 1. The number of nitro groups is 1. The van der Waals surface area contributed by atoms with Crippen LogP contribution in [0.4, 0.5) is 11.5 Å². The van der Waals surface area contributed by atoms with Crippen molar-refractivity contribution in [1.29, 1.82) is 0 Å². The van der Waals surface area contributed by atoms with Gasteiger partial charge in [0.1, 0.15) is 0 Å². The largest absolute Gasteiger partial charge is 0.464 e. The fraction of sp³-hybridized carbons (Fsp3) is 0.538. The van der Waals surface area contributed by atoms with E-state index in [0.717, 1.165) is 0 Å². The Bertz CT molecular complexity index is 555. The zero-order chi connectivity index (χ0) is 15.5. The highest BCUT2D eigenvalue weighted by Crippen LogP contribution is 2.30. The van der Waals surface area contributed by atoms with Gasteiger partial charge in [0.2, 0.25) is 5.82 Å². The summed E-state index contributed by atoms with van der Waals surface area (Å²) >= 11 is 0. The van der Waals surface area contributed by atoms with Crippen molar-refractivity contribution in [3.63, 3.8) is 0 Å². The van der Waals surface area contributed by atoms with Crippen LogP contribution < -0.4 is 5.32 Å². The average Bonchev–Trinajstić information content (AvgIpc) is 2.46. The van der Waals surface area contributed by atoms with E-state index in [1.54, 1.807) is 0 Å². The lowest BCUT2D eigenvalue weighted by Gasteiger charge is -2.34. The predicted octanol–water partition coefficient (Wildman–Crippen LogP) is 1.76. The predicted molar refractivity (Wildman–Crippen MR) is 74.3 cm³/mol. The van der Waals surface area contributed by atoms with Crippen molar-refractivity contribution in [2.24, 2.45) is 0 Å². The minimum atomic E-state index is -0.634. The number of aromatic nitrogens is 1. The van der Waals surface area contributed by atoms with E-state index in [1.165, 1.54) is 19.2 Å². The standard InChI is InChI=1S/C13H17N3O5/c1-13(5-7-21-8-6-13)15-11-10(16(18)19)4-3-9(14-11)12(17)20-2/h3-4H,5-8H2,1-2H3,(H,14,15). The number of methoxy groups -OCH3 is 1. The Balaban J connectivity index is 2.34. The molecule has 0 spiro atoms. The second-order valence-corrected chi connectivity index (χ2v) is 5.11. The molecular formula is C13H17N3O5. The molecule has 1 saturated heterocycles. The molecule has 8 heteroatoms. The van der Waals surface area contributed by atoms with E-state index in [2.05, 4.69) is 15.0 Å². The van der Waals surface area contributed by atoms with E-state index >= 15 is 0 Å². The molecule has 0 aliphatic carbocycles. The van der Waals surface area contributed by atoms with Crippen LogP contribution in [0.2, 0.25) is 0 Å². The van der Waals surface area contributed by atoms with Crippen LogP contribution >= 0.6 is 0 Å². The Labute approximate surface area is 121 Å². The third-order valence-corrected chi connectivity index (χ3v) is 3.48. The molecule has 1 aliphatic rings. The van der Waals surface area contributed by atoms with Gasteiger partial charge in [-0.05, 0) is 25.8 Å². The molecule has 0 aromatic carbocycles. The van der Waals surface area contributed by atoms with Crippen LogP contribution in [0.15, 0.2) is 12.1 Å². The lowest BCUT2D eigenvalue weighted by atomic mass is 9.92. The minimum absolute atomic E-state index is 0.0289. The smallest absolute Gasteiger partial charge is 0.356 e. The summed E-state index contributed by atoms with van der Waals surface area (Å²) in [6.07, 6.45) is 1.41. The minimum Gasteiger partial charge on any atom is -0.464 e. The molecule has 114 valence electrons. The molecule has 1 N–H and O–H groups in total. The molecule has 1 aliphatic heterocycles. The number of ether oxygens (including phenoxy) is 2. The zero-order valence-electron chi connectivity index (χ0n) is 11.9. The summed E-state index contributed by atoms with van der Waals surface area (Å²) in [6, 6.07) is 2.53. The van der Waals surface area contributed by atoms with E-state index in [1.807, 2.05) is 6.92 Å². The Hall–Kier alpha value is -2.22. The number of esters is 1. The first-order valence-corrected chi connectivity index (χ1v) is 6.55. The van der Waals surface area contributed by atoms with E-state index < -0.39 is 10.9 Å². The molecule has 1 aromatic rings. The van der Waals surface area contributed by atoms with E-state index in [9.17, 15) is 14.9 Å². The first-order chi connectivity index (χ1) is 9.95. The maximum Gasteiger partial charge on any atom is 0.356 e. The van der Waals surface area contributed by atoms with Crippen molar-refractivity contribution in [1.82, 2.24) is 4.98 Å². The van der Waals surface area contributed by atoms with Crippen molar-refractivity contribution < 1.29 is 19.2 Å². The maximum atomic E-state index is 11.5. The molecule has 0 atom stereocenters. The van der Waals surface area contributed by atoms with Gasteiger partial charge in [-0.3, -0.25) is 10.1 Å². The van der Waals surface area contributed by atoms with Gasteiger partial charge in [-0.1, -0.05) is 0 Å². The zero-order valence-corrected chi connectivity index (χ0v) is 11.9. The molecule has 2 rings (SSSR count). The van der Waals surface area contributed by atoms with Crippen molar-refractivity contribution in [3.8, 4) is 0 Å². The van der Waals surface area contributed by atoms with Crippen molar-refractivity contribution in [2.75, 3.05) is 25.6 Å². The molecule has 0 saturated carbocycles. The highest BCUT2D eigenvalue weighted by atomic mass is 16.6. The lowest BCUT2D eigenvalue weighted by molar-refractivity contribution is -0.384. The number of hydrogen-bond acceptors (Lipinski definition) is 7. The summed E-state index contributed by atoms with van der Waals surface area (Å²) < 4.78 is 9.88. The third-order valence-electron chi connectivity index (χ3n) is 3.48.